The van der Waals surface area contributed by atoms with Crippen molar-refractivity contribution in [3.05, 3.63) is 77.9 Å². The van der Waals surface area contributed by atoms with Crippen molar-refractivity contribution in [1.29, 1.82) is 0 Å². The predicted octanol–water partition coefficient (Wildman–Crippen LogP) is 3.63. The number of ether oxygens (including phenoxy) is 1. The van der Waals surface area contributed by atoms with Crippen LogP contribution in [0.1, 0.15) is 24.2 Å². The standard InChI is InChI=1S/C22H23NO3/c1-15(22(25)18-9-11-20(26-2)12-10-18)23-21(24)14-16-7-8-17-5-3-4-6-19(17)13-16/h3-13,15,22,25H,14H2,1-2H3,(H,23,24). The summed E-state index contributed by atoms with van der Waals surface area (Å²) in [5.74, 6) is 0.620. The van der Waals surface area contributed by atoms with Crippen molar-refractivity contribution in [3.8, 4) is 5.75 Å². The lowest BCUT2D eigenvalue weighted by Crippen LogP contribution is -2.37. The highest BCUT2D eigenvalue weighted by Crippen LogP contribution is 2.20. The minimum absolute atomic E-state index is 0.111. The number of hydrogen-bond acceptors (Lipinski definition) is 3. The molecule has 2 unspecified atom stereocenters. The van der Waals surface area contributed by atoms with E-state index in [0.29, 0.717) is 0 Å². The van der Waals surface area contributed by atoms with Crippen LogP contribution in [-0.4, -0.2) is 24.2 Å². The summed E-state index contributed by atoms with van der Waals surface area (Å²) in [6.07, 6.45) is -0.494. The van der Waals surface area contributed by atoms with E-state index in [2.05, 4.69) is 5.32 Å². The average molecular weight is 349 g/mol. The lowest BCUT2D eigenvalue weighted by molar-refractivity contribution is -0.121. The van der Waals surface area contributed by atoms with Crippen molar-refractivity contribution >= 4 is 16.7 Å². The van der Waals surface area contributed by atoms with Crippen LogP contribution in [0.15, 0.2) is 66.7 Å². The first-order valence-electron chi connectivity index (χ1n) is 8.66. The number of benzene rings is 3. The number of aliphatic hydroxyl groups excluding tert-OH is 1. The van der Waals surface area contributed by atoms with Crippen LogP contribution in [0.25, 0.3) is 10.8 Å². The molecular weight excluding hydrogens is 326 g/mol. The molecule has 4 heteroatoms. The van der Waals surface area contributed by atoms with Gasteiger partial charge in [-0.05, 0) is 41.0 Å². The lowest BCUT2D eigenvalue weighted by Gasteiger charge is -2.21. The fraction of sp³-hybridized carbons (Fsp3) is 0.227. The molecule has 0 saturated heterocycles. The Kier molecular flexibility index (Phi) is 5.54. The molecule has 3 aromatic carbocycles. The van der Waals surface area contributed by atoms with Crippen LogP contribution >= 0.6 is 0 Å². The van der Waals surface area contributed by atoms with Gasteiger partial charge in [0.25, 0.3) is 0 Å². The van der Waals surface area contributed by atoms with E-state index in [0.717, 1.165) is 27.6 Å². The Hall–Kier alpha value is -2.85. The molecular formula is C22H23NO3. The fourth-order valence-electron chi connectivity index (χ4n) is 3.01. The summed E-state index contributed by atoms with van der Waals surface area (Å²) >= 11 is 0. The number of aliphatic hydroxyl groups is 1. The third-order valence-electron chi connectivity index (χ3n) is 4.50. The Morgan fingerprint density at radius 3 is 2.42 bits per heavy atom. The molecule has 2 atom stereocenters. The van der Waals surface area contributed by atoms with E-state index in [-0.39, 0.29) is 12.3 Å². The highest BCUT2D eigenvalue weighted by molar-refractivity contribution is 5.85. The van der Waals surface area contributed by atoms with Crippen LogP contribution in [0.4, 0.5) is 0 Å². The second kappa shape index (κ2) is 8.02. The average Bonchev–Trinajstić information content (AvgIpc) is 2.67. The predicted molar refractivity (Wildman–Crippen MR) is 103 cm³/mol. The van der Waals surface area contributed by atoms with E-state index >= 15 is 0 Å². The van der Waals surface area contributed by atoms with Gasteiger partial charge in [0.2, 0.25) is 5.91 Å². The number of hydrogen-bond donors (Lipinski definition) is 2. The van der Waals surface area contributed by atoms with E-state index in [1.165, 1.54) is 0 Å². The Morgan fingerprint density at radius 1 is 1.04 bits per heavy atom. The molecule has 4 nitrogen and oxygen atoms in total. The fourth-order valence-corrected chi connectivity index (χ4v) is 3.01. The minimum atomic E-state index is -0.776. The number of rotatable bonds is 6. The molecule has 0 fully saturated rings. The summed E-state index contributed by atoms with van der Waals surface area (Å²) in [7, 11) is 1.60. The maximum atomic E-state index is 12.4. The molecule has 0 aliphatic rings. The molecule has 0 bridgehead atoms. The SMILES string of the molecule is COc1ccc(C(O)C(C)NC(=O)Cc2ccc3ccccc3c2)cc1. The first-order valence-corrected chi connectivity index (χ1v) is 8.66. The monoisotopic (exact) mass is 349 g/mol. The second-order valence-electron chi connectivity index (χ2n) is 6.43. The second-order valence-corrected chi connectivity index (χ2v) is 6.43. The Labute approximate surface area is 153 Å². The van der Waals surface area contributed by atoms with Gasteiger partial charge >= 0.3 is 0 Å². The van der Waals surface area contributed by atoms with E-state index in [9.17, 15) is 9.90 Å². The van der Waals surface area contributed by atoms with Gasteiger partial charge in [0.05, 0.1) is 25.7 Å². The molecule has 2 N–H and O–H groups in total. The molecule has 0 aliphatic carbocycles. The molecule has 3 rings (SSSR count). The topological polar surface area (TPSA) is 58.6 Å². The summed E-state index contributed by atoms with van der Waals surface area (Å²) in [5, 5.41) is 15.6. The summed E-state index contributed by atoms with van der Waals surface area (Å²) in [4.78, 5) is 12.4. The van der Waals surface area contributed by atoms with Gasteiger partial charge in [-0.3, -0.25) is 4.79 Å². The molecule has 0 saturated carbocycles. The number of methoxy groups -OCH3 is 1. The zero-order chi connectivity index (χ0) is 18.5. The lowest BCUT2D eigenvalue weighted by atomic mass is 10.0. The van der Waals surface area contributed by atoms with Gasteiger partial charge < -0.3 is 15.2 Å². The van der Waals surface area contributed by atoms with Crippen LogP contribution in [0, 0.1) is 0 Å². The van der Waals surface area contributed by atoms with E-state index < -0.39 is 12.1 Å². The number of carbonyl (C=O) groups excluding carboxylic acids is 1. The Bertz CT molecular complexity index is 889. The first kappa shape index (κ1) is 18.0. The smallest absolute Gasteiger partial charge is 0.224 e. The largest absolute Gasteiger partial charge is 0.497 e. The van der Waals surface area contributed by atoms with Crippen LogP contribution in [-0.2, 0) is 11.2 Å². The maximum absolute atomic E-state index is 12.4. The van der Waals surface area contributed by atoms with Gasteiger partial charge in [-0.15, -0.1) is 0 Å². The number of carbonyl (C=O) groups is 1. The molecule has 1 amide bonds. The van der Waals surface area contributed by atoms with E-state index in [1.54, 1.807) is 38.3 Å². The van der Waals surface area contributed by atoms with Crippen LogP contribution in [0.3, 0.4) is 0 Å². The minimum Gasteiger partial charge on any atom is -0.497 e. The molecule has 134 valence electrons. The molecule has 3 aromatic rings. The van der Waals surface area contributed by atoms with Crippen LogP contribution in [0.2, 0.25) is 0 Å². The van der Waals surface area contributed by atoms with Crippen LogP contribution in [0.5, 0.6) is 5.75 Å². The Morgan fingerprint density at radius 2 is 1.73 bits per heavy atom. The maximum Gasteiger partial charge on any atom is 0.224 e. The molecule has 0 heterocycles. The van der Waals surface area contributed by atoms with Gasteiger partial charge in [0.1, 0.15) is 5.75 Å². The highest BCUT2D eigenvalue weighted by Gasteiger charge is 2.18. The third-order valence-corrected chi connectivity index (χ3v) is 4.50. The van der Waals surface area contributed by atoms with Gasteiger partial charge in [-0.25, -0.2) is 0 Å². The zero-order valence-electron chi connectivity index (χ0n) is 15.0. The van der Waals surface area contributed by atoms with E-state index in [4.69, 9.17) is 4.74 Å². The van der Waals surface area contributed by atoms with Crippen molar-refractivity contribution < 1.29 is 14.6 Å². The first-order chi connectivity index (χ1) is 12.6. The number of fused-ring (bicyclic) bond motifs is 1. The zero-order valence-corrected chi connectivity index (χ0v) is 15.0. The summed E-state index contributed by atoms with van der Waals surface area (Å²) in [6.45, 7) is 1.80. The third kappa shape index (κ3) is 4.21. The summed E-state index contributed by atoms with van der Waals surface area (Å²) in [5.41, 5.74) is 1.69. The van der Waals surface area contributed by atoms with E-state index in [1.807, 2.05) is 42.5 Å². The quantitative estimate of drug-likeness (QED) is 0.714. The van der Waals surface area contributed by atoms with Crippen LogP contribution < -0.4 is 10.1 Å². The van der Waals surface area contributed by atoms with Crippen molar-refractivity contribution in [1.82, 2.24) is 5.32 Å². The van der Waals surface area contributed by atoms with Gasteiger partial charge in [0, 0.05) is 0 Å². The van der Waals surface area contributed by atoms with Crippen molar-refractivity contribution in [2.24, 2.45) is 0 Å². The molecule has 0 aromatic heterocycles. The number of nitrogens with one attached hydrogen (secondary N) is 1. The van der Waals surface area contributed by atoms with Crippen molar-refractivity contribution in [3.63, 3.8) is 0 Å². The van der Waals surface area contributed by atoms with Crippen molar-refractivity contribution in [2.45, 2.75) is 25.5 Å². The summed E-state index contributed by atoms with van der Waals surface area (Å²) in [6, 6.07) is 20.9. The normalized spacial score (nSPS) is 13.2. The molecule has 26 heavy (non-hydrogen) atoms. The van der Waals surface area contributed by atoms with Gasteiger partial charge in [-0.2, -0.15) is 0 Å². The van der Waals surface area contributed by atoms with Gasteiger partial charge in [0.15, 0.2) is 0 Å². The number of amides is 1. The Balaban J connectivity index is 1.62. The highest BCUT2D eigenvalue weighted by atomic mass is 16.5. The molecule has 0 radical (unpaired) electrons. The molecule has 0 spiro atoms. The molecule has 0 aliphatic heterocycles. The summed E-state index contributed by atoms with van der Waals surface area (Å²) < 4.78 is 5.12. The van der Waals surface area contributed by atoms with Gasteiger partial charge in [-0.1, -0.05) is 54.6 Å². The van der Waals surface area contributed by atoms with Crippen molar-refractivity contribution in [2.75, 3.05) is 7.11 Å².